The highest BCUT2D eigenvalue weighted by Crippen LogP contribution is 2.25. The minimum Gasteiger partial charge on any atom is -0.495 e. The minimum atomic E-state index is -0.517. The normalized spacial score (nSPS) is 10.8. The van der Waals surface area contributed by atoms with Gasteiger partial charge in [0.25, 0.3) is 5.91 Å². The van der Waals surface area contributed by atoms with Crippen LogP contribution in [0.4, 0.5) is 10.8 Å². The number of benzene rings is 1. The Balaban J connectivity index is 2.14. The fourth-order valence-corrected chi connectivity index (χ4v) is 2.47. The molecule has 6 nitrogen and oxygen atoms in total. The molecule has 1 heterocycles. The predicted molar refractivity (Wildman–Crippen MR) is 90.5 cm³/mol. The van der Waals surface area contributed by atoms with Gasteiger partial charge in [0.1, 0.15) is 17.4 Å². The Morgan fingerprint density at radius 3 is 2.83 bits per heavy atom. The van der Waals surface area contributed by atoms with E-state index < -0.39 is 5.91 Å². The molecule has 1 aromatic heterocycles. The number of carbonyl (C=O) groups excluding carboxylic acids is 1. The van der Waals surface area contributed by atoms with Gasteiger partial charge in [0.2, 0.25) is 0 Å². The minimum absolute atomic E-state index is 0.0542. The lowest BCUT2D eigenvalue weighted by atomic mass is 10.2. The molecule has 23 heavy (non-hydrogen) atoms. The lowest BCUT2D eigenvalue weighted by Crippen LogP contribution is -2.15. The van der Waals surface area contributed by atoms with Crippen molar-refractivity contribution in [3.63, 3.8) is 0 Å². The third kappa shape index (κ3) is 4.31. The molecule has 0 saturated carbocycles. The SMILES string of the molecule is COc1ccc(C)cc1NC(=O)/C(C#N)=C\Nc1nc(C)cs1. The number of nitriles is 1. The van der Waals surface area contributed by atoms with Crippen molar-refractivity contribution in [1.29, 1.82) is 5.26 Å². The van der Waals surface area contributed by atoms with E-state index in [0.29, 0.717) is 16.6 Å². The van der Waals surface area contributed by atoms with Gasteiger partial charge in [0.15, 0.2) is 5.13 Å². The number of carbonyl (C=O) groups is 1. The van der Waals surface area contributed by atoms with Crippen LogP contribution in [0.5, 0.6) is 5.75 Å². The number of aromatic nitrogens is 1. The van der Waals surface area contributed by atoms with Gasteiger partial charge in [-0.2, -0.15) is 5.26 Å². The van der Waals surface area contributed by atoms with Gasteiger partial charge >= 0.3 is 0 Å². The first-order valence-electron chi connectivity index (χ1n) is 6.78. The number of amides is 1. The fraction of sp³-hybridized carbons (Fsp3) is 0.188. The second kappa shape index (κ2) is 7.42. The van der Waals surface area contributed by atoms with Crippen LogP contribution < -0.4 is 15.4 Å². The van der Waals surface area contributed by atoms with Crippen LogP contribution in [-0.4, -0.2) is 18.0 Å². The average Bonchev–Trinajstić information content (AvgIpc) is 2.93. The van der Waals surface area contributed by atoms with Crippen molar-refractivity contribution in [2.75, 3.05) is 17.7 Å². The Hall–Kier alpha value is -2.85. The van der Waals surface area contributed by atoms with Crippen molar-refractivity contribution in [3.05, 3.63) is 46.6 Å². The maximum Gasteiger partial charge on any atom is 0.267 e. The Morgan fingerprint density at radius 2 is 2.22 bits per heavy atom. The van der Waals surface area contributed by atoms with E-state index in [1.807, 2.05) is 31.4 Å². The van der Waals surface area contributed by atoms with Crippen molar-refractivity contribution in [2.24, 2.45) is 0 Å². The molecule has 2 N–H and O–H groups in total. The summed E-state index contributed by atoms with van der Waals surface area (Å²) in [5.74, 6) is 0.0157. The van der Waals surface area contributed by atoms with E-state index in [2.05, 4.69) is 15.6 Å². The molecule has 0 aliphatic heterocycles. The van der Waals surface area contributed by atoms with Crippen LogP contribution in [0.25, 0.3) is 0 Å². The van der Waals surface area contributed by atoms with Crippen molar-refractivity contribution in [2.45, 2.75) is 13.8 Å². The number of rotatable bonds is 5. The lowest BCUT2D eigenvalue weighted by molar-refractivity contribution is -0.112. The third-order valence-corrected chi connectivity index (χ3v) is 3.82. The van der Waals surface area contributed by atoms with E-state index in [1.54, 1.807) is 12.1 Å². The first kappa shape index (κ1) is 16.5. The van der Waals surface area contributed by atoms with Crippen LogP contribution >= 0.6 is 11.3 Å². The predicted octanol–water partition coefficient (Wildman–Crippen LogP) is 3.23. The monoisotopic (exact) mass is 328 g/mol. The zero-order chi connectivity index (χ0) is 16.8. The maximum atomic E-state index is 12.2. The molecule has 0 unspecified atom stereocenters. The molecular formula is C16H16N4O2S. The number of nitrogens with one attached hydrogen (secondary N) is 2. The van der Waals surface area contributed by atoms with Crippen LogP contribution in [0.15, 0.2) is 35.4 Å². The first-order valence-corrected chi connectivity index (χ1v) is 7.66. The Bertz CT molecular complexity index is 790. The van der Waals surface area contributed by atoms with Gasteiger partial charge in [-0.3, -0.25) is 4.79 Å². The van der Waals surface area contributed by atoms with E-state index in [1.165, 1.54) is 24.6 Å². The van der Waals surface area contributed by atoms with Gasteiger partial charge in [-0.15, -0.1) is 11.3 Å². The molecule has 2 rings (SSSR count). The van der Waals surface area contributed by atoms with Crippen molar-refractivity contribution in [3.8, 4) is 11.8 Å². The maximum absolute atomic E-state index is 12.2. The summed E-state index contributed by atoms with van der Waals surface area (Å²) in [7, 11) is 1.52. The van der Waals surface area contributed by atoms with Crippen LogP contribution in [-0.2, 0) is 4.79 Å². The second-order valence-corrected chi connectivity index (χ2v) is 5.62. The number of ether oxygens (including phenoxy) is 1. The Kier molecular flexibility index (Phi) is 5.33. The fourth-order valence-electron chi connectivity index (χ4n) is 1.81. The number of anilines is 2. The summed E-state index contributed by atoms with van der Waals surface area (Å²) in [6.07, 6.45) is 1.34. The van der Waals surface area contributed by atoms with Gasteiger partial charge in [0.05, 0.1) is 18.5 Å². The molecular weight excluding hydrogens is 312 g/mol. The number of nitrogens with zero attached hydrogens (tertiary/aromatic N) is 2. The highest BCUT2D eigenvalue weighted by molar-refractivity contribution is 7.13. The quantitative estimate of drug-likeness (QED) is 0.650. The molecule has 0 radical (unpaired) electrons. The average molecular weight is 328 g/mol. The number of hydrogen-bond acceptors (Lipinski definition) is 6. The molecule has 0 spiro atoms. The van der Waals surface area contributed by atoms with E-state index in [9.17, 15) is 10.1 Å². The van der Waals surface area contributed by atoms with Crippen LogP contribution in [0, 0.1) is 25.2 Å². The van der Waals surface area contributed by atoms with E-state index in [-0.39, 0.29) is 5.57 Å². The summed E-state index contributed by atoms with van der Waals surface area (Å²) in [4.78, 5) is 16.4. The Morgan fingerprint density at radius 1 is 1.43 bits per heavy atom. The first-order chi connectivity index (χ1) is 11.0. The molecule has 7 heteroatoms. The standard InChI is InChI=1S/C16H16N4O2S/c1-10-4-5-14(22-3)13(6-10)20-15(21)12(7-17)8-18-16-19-11(2)9-23-16/h4-6,8-9H,1-3H3,(H,18,19)(H,20,21)/b12-8-. The number of aryl methyl sites for hydroxylation is 2. The molecule has 0 aliphatic carbocycles. The van der Waals surface area contributed by atoms with Gasteiger partial charge in [-0.05, 0) is 31.5 Å². The summed E-state index contributed by atoms with van der Waals surface area (Å²) < 4.78 is 5.21. The topological polar surface area (TPSA) is 87.0 Å². The molecule has 0 saturated heterocycles. The van der Waals surface area contributed by atoms with Gasteiger partial charge in [-0.1, -0.05) is 6.07 Å². The highest BCUT2D eigenvalue weighted by Gasteiger charge is 2.12. The highest BCUT2D eigenvalue weighted by atomic mass is 32.1. The largest absolute Gasteiger partial charge is 0.495 e. The lowest BCUT2D eigenvalue weighted by Gasteiger charge is -2.10. The summed E-state index contributed by atoms with van der Waals surface area (Å²) in [5.41, 5.74) is 2.31. The third-order valence-electron chi connectivity index (χ3n) is 2.93. The van der Waals surface area contributed by atoms with Crippen molar-refractivity contribution < 1.29 is 9.53 Å². The van der Waals surface area contributed by atoms with E-state index in [4.69, 9.17) is 4.74 Å². The molecule has 118 valence electrons. The summed E-state index contributed by atoms with van der Waals surface area (Å²) in [6, 6.07) is 7.29. The summed E-state index contributed by atoms with van der Waals surface area (Å²) >= 11 is 1.40. The van der Waals surface area contributed by atoms with Crippen LogP contribution in [0.2, 0.25) is 0 Å². The zero-order valence-corrected chi connectivity index (χ0v) is 13.8. The molecule has 1 aromatic carbocycles. The van der Waals surface area contributed by atoms with Crippen LogP contribution in [0.1, 0.15) is 11.3 Å². The molecule has 0 atom stereocenters. The molecule has 2 aromatic rings. The van der Waals surface area contributed by atoms with Gasteiger partial charge < -0.3 is 15.4 Å². The molecule has 0 fully saturated rings. The Labute approximate surface area is 138 Å². The number of thiazole rings is 1. The summed E-state index contributed by atoms with van der Waals surface area (Å²) in [6.45, 7) is 3.77. The number of hydrogen-bond donors (Lipinski definition) is 2. The number of methoxy groups -OCH3 is 1. The van der Waals surface area contributed by atoms with E-state index >= 15 is 0 Å². The van der Waals surface area contributed by atoms with E-state index in [0.717, 1.165) is 11.3 Å². The van der Waals surface area contributed by atoms with Crippen molar-refractivity contribution in [1.82, 2.24) is 4.98 Å². The van der Waals surface area contributed by atoms with Gasteiger partial charge in [-0.25, -0.2) is 4.98 Å². The molecule has 0 bridgehead atoms. The second-order valence-electron chi connectivity index (χ2n) is 4.77. The van der Waals surface area contributed by atoms with Crippen LogP contribution in [0.3, 0.4) is 0 Å². The van der Waals surface area contributed by atoms with Gasteiger partial charge in [0, 0.05) is 11.6 Å². The smallest absolute Gasteiger partial charge is 0.267 e. The van der Waals surface area contributed by atoms with Crippen molar-refractivity contribution >= 4 is 28.1 Å². The molecule has 0 aliphatic rings. The molecule has 1 amide bonds. The zero-order valence-electron chi connectivity index (χ0n) is 13.0. The summed E-state index contributed by atoms with van der Waals surface area (Å²) in [5, 5.41) is 17.2.